The van der Waals surface area contributed by atoms with Crippen LogP contribution in [0.3, 0.4) is 0 Å². The fraction of sp³-hybridized carbons (Fsp3) is 0.0455. The number of pyridine rings is 1. The summed E-state index contributed by atoms with van der Waals surface area (Å²) in [7, 11) is 0. The first-order chi connectivity index (χ1) is 35.0. The van der Waals surface area contributed by atoms with E-state index in [4.69, 9.17) is 9.40 Å². The van der Waals surface area contributed by atoms with Crippen LogP contribution in [0.2, 0.25) is 0 Å². The van der Waals surface area contributed by atoms with E-state index < -0.39 is 0 Å². The summed E-state index contributed by atoms with van der Waals surface area (Å²) >= 11 is 0. The van der Waals surface area contributed by atoms with Crippen LogP contribution in [0.5, 0.6) is 0 Å². The van der Waals surface area contributed by atoms with Crippen LogP contribution >= 0.6 is 0 Å². The fourth-order valence-corrected chi connectivity index (χ4v) is 12.0. The Kier molecular flexibility index (Phi) is 8.35. The number of hydrogen-bond donors (Lipinski definition) is 0. The second-order valence-corrected chi connectivity index (χ2v) is 19.5. The van der Waals surface area contributed by atoms with Gasteiger partial charge in [-0.05, 0) is 105 Å². The molecular weight excluding hydrogens is 865 g/mol. The molecule has 71 heavy (non-hydrogen) atoms. The lowest BCUT2D eigenvalue weighted by molar-refractivity contribution is 0.660. The number of rotatable bonds is 6. The third kappa shape index (κ3) is 5.72. The zero-order chi connectivity index (χ0) is 47.0. The number of hydrogen-bond acceptors (Lipinski definition) is 3. The maximum atomic E-state index is 6.50. The van der Waals surface area contributed by atoms with Gasteiger partial charge in [0.05, 0.1) is 16.7 Å². The Labute approximate surface area is 409 Å². The van der Waals surface area contributed by atoms with E-state index in [-0.39, 0.29) is 5.41 Å². The highest BCUT2D eigenvalue weighted by molar-refractivity contribution is 6.17. The van der Waals surface area contributed by atoms with E-state index in [2.05, 4.69) is 246 Å². The average molecular weight is 909 g/mol. The third-order valence-electron chi connectivity index (χ3n) is 15.3. The molecule has 0 spiro atoms. The third-order valence-corrected chi connectivity index (χ3v) is 15.3. The van der Waals surface area contributed by atoms with Crippen LogP contribution in [0.25, 0.3) is 110 Å². The molecule has 1 aliphatic carbocycles. The number of anilines is 3. The van der Waals surface area contributed by atoms with Crippen LogP contribution in [0, 0.1) is 0 Å². The summed E-state index contributed by atoms with van der Waals surface area (Å²) in [5.41, 5.74) is 21.1. The van der Waals surface area contributed by atoms with E-state index in [9.17, 15) is 0 Å². The normalized spacial score (nSPS) is 13.0. The number of aromatic nitrogens is 3. The number of fused-ring (bicyclic) bond motifs is 16. The summed E-state index contributed by atoms with van der Waals surface area (Å²) in [6, 6.07) is 83.6. The topological polar surface area (TPSA) is 38.6 Å². The maximum Gasteiger partial charge on any atom is 0.151 e. The average Bonchev–Trinajstić information content (AvgIpc) is 4.17. The lowest BCUT2D eigenvalue weighted by atomic mass is 9.82. The summed E-state index contributed by atoms with van der Waals surface area (Å²) in [5.74, 6) is 0. The van der Waals surface area contributed by atoms with Crippen LogP contribution in [0.15, 0.2) is 235 Å². The second kappa shape index (κ2) is 14.9. The van der Waals surface area contributed by atoms with E-state index in [0.29, 0.717) is 0 Å². The molecule has 0 atom stereocenters. The molecule has 334 valence electrons. The molecule has 14 aromatic rings. The summed E-state index contributed by atoms with van der Waals surface area (Å²) in [4.78, 5) is 7.88. The van der Waals surface area contributed by atoms with Gasteiger partial charge >= 0.3 is 0 Å². The molecule has 10 aromatic carbocycles. The lowest BCUT2D eigenvalue weighted by Crippen LogP contribution is -2.16. The van der Waals surface area contributed by atoms with Crippen molar-refractivity contribution >= 4 is 88.4 Å². The summed E-state index contributed by atoms with van der Waals surface area (Å²) < 4.78 is 11.2. The highest BCUT2D eigenvalue weighted by Crippen LogP contribution is 2.54. The van der Waals surface area contributed by atoms with Gasteiger partial charge in [-0.25, -0.2) is 4.98 Å². The van der Waals surface area contributed by atoms with Crippen LogP contribution in [0.4, 0.5) is 17.1 Å². The minimum absolute atomic E-state index is 0.140. The molecule has 4 heterocycles. The van der Waals surface area contributed by atoms with Gasteiger partial charge in [-0.3, -0.25) is 8.97 Å². The molecule has 0 bridgehead atoms. The van der Waals surface area contributed by atoms with Crippen LogP contribution in [-0.2, 0) is 5.41 Å². The molecule has 0 radical (unpaired) electrons. The van der Waals surface area contributed by atoms with Gasteiger partial charge in [0.25, 0.3) is 0 Å². The van der Waals surface area contributed by atoms with E-state index in [0.717, 1.165) is 106 Å². The number of para-hydroxylation sites is 4. The maximum absolute atomic E-state index is 6.50. The van der Waals surface area contributed by atoms with Crippen molar-refractivity contribution in [3.63, 3.8) is 0 Å². The van der Waals surface area contributed by atoms with E-state index in [1.807, 2.05) is 12.1 Å². The van der Waals surface area contributed by atoms with Gasteiger partial charge < -0.3 is 9.32 Å². The fourth-order valence-electron chi connectivity index (χ4n) is 12.0. The Hall–Kier alpha value is -9.19. The minimum atomic E-state index is -0.140. The summed E-state index contributed by atoms with van der Waals surface area (Å²) in [6.07, 6.45) is 0. The van der Waals surface area contributed by atoms with Crippen molar-refractivity contribution in [1.29, 1.82) is 0 Å². The Bertz CT molecular complexity index is 4480. The second-order valence-electron chi connectivity index (χ2n) is 19.5. The Morgan fingerprint density at radius 1 is 0.451 bits per heavy atom. The highest BCUT2D eigenvalue weighted by atomic mass is 16.3. The number of imidazole rings is 1. The van der Waals surface area contributed by atoms with Gasteiger partial charge in [0.2, 0.25) is 0 Å². The van der Waals surface area contributed by atoms with Crippen LogP contribution < -0.4 is 4.90 Å². The molecular formula is C66H44N4O. The number of nitrogens with zero attached hydrogens (tertiary/aromatic N) is 4. The van der Waals surface area contributed by atoms with Crippen molar-refractivity contribution in [3.05, 3.63) is 242 Å². The highest BCUT2D eigenvalue weighted by Gasteiger charge is 2.37. The van der Waals surface area contributed by atoms with Crippen molar-refractivity contribution in [1.82, 2.24) is 14.0 Å². The smallest absolute Gasteiger partial charge is 0.151 e. The van der Waals surface area contributed by atoms with Gasteiger partial charge in [-0.2, -0.15) is 0 Å². The summed E-state index contributed by atoms with van der Waals surface area (Å²) in [6.45, 7) is 4.70. The first kappa shape index (κ1) is 39.8. The largest absolute Gasteiger partial charge is 0.455 e. The van der Waals surface area contributed by atoms with E-state index in [1.54, 1.807) is 0 Å². The molecule has 5 nitrogen and oxygen atoms in total. The molecule has 1 aliphatic rings. The molecule has 0 aliphatic heterocycles. The predicted octanol–water partition coefficient (Wildman–Crippen LogP) is 17.7. The zero-order valence-electron chi connectivity index (χ0n) is 39.1. The lowest BCUT2D eigenvalue weighted by Gasteiger charge is -2.29. The SMILES string of the molecule is CC1(C)c2ccccc2-c2c(N(c3ccc(-c4ccc5c(c4)c4ccccc4c4nc6c7ccccc7n(-c7ccccc7)c6n54)cc3)c3ccc(-c4cccc5c4oc4ccccc45)cc3)cccc21. The first-order valence-corrected chi connectivity index (χ1v) is 24.5. The number of furan rings is 1. The quantitative estimate of drug-likeness (QED) is 0.156. The molecule has 0 saturated heterocycles. The van der Waals surface area contributed by atoms with Crippen molar-refractivity contribution in [2.75, 3.05) is 4.90 Å². The zero-order valence-corrected chi connectivity index (χ0v) is 39.1. The van der Waals surface area contributed by atoms with Gasteiger partial charge in [0.15, 0.2) is 5.65 Å². The minimum Gasteiger partial charge on any atom is -0.455 e. The molecule has 0 amide bonds. The van der Waals surface area contributed by atoms with Gasteiger partial charge in [0.1, 0.15) is 22.3 Å². The van der Waals surface area contributed by atoms with Gasteiger partial charge in [-0.1, -0.05) is 178 Å². The van der Waals surface area contributed by atoms with Crippen molar-refractivity contribution in [2.24, 2.45) is 0 Å². The van der Waals surface area contributed by atoms with E-state index in [1.165, 1.54) is 33.0 Å². The van der Waals surface area contributed by atoms with Crippen LogP contribution in [0.1, 0.15) is 25.0 Å². The Morgan fingerprint density at radius 3 is 1.89 bits per heavy atom. The van der Waals surface area contributed by atoms with Gasteiger partial charge in [-0.15, -0.1) is 0 Å². The molecule has 0 N–H and O–H groups in total. The van der Waals surface area contributed by atoms with Gasteiger partial charge in [0, 0.05) is 60.5 Å². The van der Waals surface area contributed by atoms with Crippen molar-refractivity contribution in [3.8, 4) is 39.1 Å². The van der Waals surface area contributed by atoms with Crippen molar-refractivity contribution in [2.45, 2.75) is 19.3 Å². The standard InChI is InChI=1S/C66H44N4O/c1-66(2)55-25-11-8-21-52(55)61-56(66)26-15-28-59(61)68(46-37-32-42(33-38-46)47-23-14-24-50-49-19-10-13-29-60(49)71-63(47)50)45-35-30-41(31-36-45)43-34-39-58-54(40-43)48-18-6-7-20-51(48)64-67-62-53-22-9-12-27-57(53)69(65(62)70(58)64)44-16-4-3-5-17-44/h3-40H,1-2H3. The Balaban J connectivity index is 0.889. The first-order valence-electron chi connectivity index (χ1n) is 24.5. The molecule has 15 rings (SSSR count). The molecule has 5 heteroatoms. The monoisotopic (exact) mass is 908 g/mol. The molecule has 0 unspecified atom stereocenters. The van der Waals surface area contributed by atoms with E-state index >= 15 is 0 Å². The van der Waals surface area contributed by atoms with Crippen LogP contribution in [-0.4, -0.2) is 14.0 Å². The van der Waals surface area contributed by atoms with Crippen molar-refractivity contribution < 1.29 is 4.42 Å². The Morgan fingerprint density at radius 2 is 1.07 bits per heavy atom. The number of benzene rings is 10. The predicted molar refractivity (Wildman–Crippen MR) is 295 cm³/mol. The summed E-state index contributed by atoms with van der Waals surface area (Å²) in [5, 5.41) is 6.90. The molecule has 0 saturated carbocycles. The molecule has 0 fully saturated rings. The molecule has 4 aromatic heterocycles.